The van der Waals surface area contributed by atoms with Crippen molar-refractivity contribution in [1.82, 2.24) is 5.01 Å². The molecule has 0 bridgehead atoms. The fraction of sp³-hybridized carbons (Fsp3) is 0.500. The van der Waals surface area contributed by atoms with Crippen LogP contribution in [0.15, 0.2) is 40.5 Å². The summed E-state index contributed by atoms with van der Waals surface area (Å²) in [6.45, 7) is 10.0. The van der Waals surface area contributed by atoms with Gasteiger partial charge < -0.3 is 10.0 Å². The zero-order valence-electron chi connectivity index (χ0n) is 17.8. The predicted octanol–water partition coefficient (Wildman–Crippen LogP) is 4.46. The average molecular weight is 420 g/mol. The number of hydrazone groups is 1. The number of benzene rings is 1. The number of carbonyl (C=O) groups is 2. The second kappa shape index (κ2) is 9.92. The third-order valence-electron chi connectivity index (χ3n) is 5.27. The summed E-state index contributed by atoms with van der Waals surface area (Å²) in [4.78, 5) is 26.0. The summed E-state index contributed by atoms with van der Waals surface area (Å²) in [7, 11) is 1.46. The lowest BCUT2D eigenvalue weighted by molar-refractivity contribution is -0.129. The molecule has 6 nitrogen and oxygen atoms in total. The van der Waals surface area contributed by atoms with Crippen LogP contribution in [0, 0.1) is 5.92 Å². The quantitative estimate of drug-likeness (QED) is 0.473. The minimum atomic E-state index is -1.19. The highest BCUT2D eigenvalue weighted by Crippen LogP contribution is 2.32. The molecule has 2 atom stereocenters. The Morgan fingerprint density at radius 1 is 1.24 bits per heavy atom. The number of hydrogen-bond acceptors (Lipinski definition) is 4. The molecule has 1 amide bonds. The van der Waals surface area contributed by atoms with E-state index in [1.54, 1.807) is 6.92 Å². The van der Waals surface area contributed by atoms with Gasteiger partial charge in [-0.3, -0.25) is 4.79 Å². The first-order valence-electron chi connectivity index (χ1n) is 9.98. The molecule has 1 aromatic rings. The van der Waals surface area contributed by atoms with Gasteiger partial charge in [-0.25, -0.2) is 9.80 Å². The molecular weight excluding hydrogens is 390 g/mol. The van der Waals surface area contributed by atoms with E-state index in [2.05, 4.69) is 55.0 Å². The summed E-state index contributed by atoms with van der Waals surface area (Å²) >= 11 is 6.65. The van der Waals surface area contributed by atoms with E-state index in [-0.39, 0.29) is 28.5 Å². The number of alkyl halides is 1. The van der Waals surface area contributed by atoms with Crippen molar-refractivity contribution in [3.05, 3.63) is 41.0 Å². The highest BCUT2D eigenvalue weighted by molar-refractivity contribution is 6.50. The first kappa shape index (κ1) is 22.9. The van der Waals surface area contributed by atoms with Crippen LogP contribution in [0.4, 0.5) is 5.69 Å². The summed E-state index contributed by atoms with van der Waals surface area (Å²) < 4.78 is 0. The monoisotopic (exact) mass is 419 g/mol. The Kier molecular flexibility index (Phi) is 7.85. The highest BCUT2D eigenvalue weighted by Gasteiger charge is 2.34. The zero-order chi connectivity index (χ0) is 21.7. The Balaban J connectivity index is 2.06. The third-order valence-corrected chi connectivity index (χ3v) is 5.70. The SMILES string of the molecule is CCN(CC)c1ccc(C(Cl)CC(C)C/C(C)=C2\C(=O)N(C)N=C2C(=O)O)cc1. The number of carbonyl (C=O) groups excluding carboxylic acids is 1. The first-order valence-corrected chi connectivity index (χ1v) is 10.4. The molecule has 29 heavy (non-hydrogen) atoms. The van der Waals surface area contributed by atoms with Gasteiger partial charge in [-0.05, 0) is 57.2 Å². The van der Waals surface area contributed by atoms with Crippen molar-refractivity contribution in [3.8, 4) is 0 Å². The molecule has 158 valence electrons. The van der Waals surface area contributed by atoms with Crippen LogP contribution >= 0.6 is 11.6 Å². The molecule has 7 heteroatoms. The Bertz CT molecular complexity index is 813. The van der Waals surface area contributed by atoms with Crippen molar-refractivity contribution in [2.45, 2.75) is 45.9 Å². The average Bonchev–Trinajstić information content (AvgIpc) is 2.98. The number of rotatable bonds is 9. The Labute approximate surface area is 177 Å². The van der Waals surface area contributed by atoms with Gasteiger partial charge in [0.25, 0.3) is 5.91 Å². The molecule has 0 aliphatic carbocycles. The van der Waals surface area contributed by atoms with Crippen molar-refractivity contribution in [2.24, 2.45) is 11.0 Å². The maximum atomic E-state index is 12.3. The lowest BCUT2D eigenvalue weighted by Crippen LogP contribution is -2.21. The molecule has 0 aromatic heterocycles. The molecule has 1 heterocycles. The van der Waals surface area contributed by atoms with Crippen molar-refractivity contribution >= 4 is 34.9 Å². The van der Waals surface area contributed by atoms with Crippen LogP contribution in [0.2, 0.25) is 0 Å². The van der Waals surface area contributed by atoms with E-state index in [1.165, 1.54) is 12.7 Å². The van der Waals surface area contributed by atoms with E-state index >= 15 is 0 Å². The summed E-state index contributed by atoms with van der Waals surface area (Å²) in [5.41, 5.74) is 2.98. The molecule has 1 N–H and O–H groups in total. The summed E-state index contributed by atoms with van der Waals surface area (Å²) in [5.74, 6) is -1.38. The fourth-order valence-corrected chi connectivity index (χ4v) is 4.17. The van der Waals surface area contributed by atoms with Crippen molar-refractivity contribution < 1.29 is 14.7 Å². The van der Waals surface area contributed by atoms with E-state index in [0.29, 0.717) is 6.42 Å². The summed E-state index contributed by atoms with van der Waals surface area (Å²) in [6.07, 6.45) is 1.31. The van der Waals surface area contributed by atoms with E-state index in [0.717, 1.165) is 35.7 Å². The lowest BCUT2D eigenvalue weighted by atomic mass is 9.91. The van der Waals surface area contributed by atoms with Crippen LogP contribution in [0.5, 0.6) is 0 Å². The fourth-order valence-electron chi connectivity index (χ4n) is 3.72. The second-order valence-electron chi connectivity index (χ2n) is 7.51. The van der Waals surface area contributed by atoms with Crippen LogP contribution in [0.1, 0.15) is 51.5 Å². The van der Waals surface area contributed by atoms with Crippen molar-refractivity contribution in [2.75, 3.05) is 25.0 Å². The zero-order valence-corrected chi connectivity index (χ0v) is 18.5. The van der Waals surface area contributed by atoms with Crippen LogP contribution in [-0.2, 0) is 9.59 Å². The highest BCUT2D eigenvalue weighted by atomic mass is 35.5. The number of amides is 1. The number of allylic oxidation sites excluding steroid dienone is 1. The van der Waals surface area contributed by atoms with Gasteiger partial charge in [0.1, 0.15) is 0 Å². The summed E-state index contributed by atoms with van der Waals surface area (Å²) in [6, 6.07) is 8.32. The van der Waals surface area contributed by atoms with Gasteiger partial charge in [0, 0.05) is 25.8 Å². The number of carboxylic acids is 1. The summed E-state index contributed by atoms with van der Waals surface area (Å²) in [5, 5.41) is 14.1. The molecule has 1 aromatic carbocycles. The number of nitrogens with zero attached hydrogens (tertiary/aromatic N) is 3. The van der Waals surface area contributed by atoms with Gasteiger partial charge in [-0.15, -0.1) is 11.6 Å². The number of carboxylic acid groups (broad SMARTS) is 1. The Morgan fingerprint density at radius 3 is 2.34 bits per heavy atom. The molecule has 2 unspecified atom stereocenters. The van der Waals surface area contributed by atoms with Gasteiger partial charge in [-0.1, -0.05) is 24.6 Å². The molecule has 0 spiro atoms. The van der Waals surface area contributed by atoms with E-state index in [1.807, 2.05) is 0 Å². The largest absolute Gasteiger partial charge is 0.476 e. The van der Waals surface area contributed by atoms with Gasteiger partial charge >= 0.3 is 5.97 Å². The van der Waals surface area contributed by atoms with Crippen molar-refractivity contribution in [3.63, 3.8) is 0 Å². The lowest BCUT2D eigenvalue weighted by Gasteiger charge is -2.22. The Morgan fingerprint density at radius 2 is 1.83 bits per heavy atom. The topological polar surface area (TPSA) is 73.2 Å². The first-order chi connectivity index (χ1) is 13.7. The van der Waals surface area contributed by atoms with Crippen LogP contribution < -0.4 is 4.90 Å². The number of hydrogen-bond donors (Lipinski definition) is 1. The predicted molar refractivity (Wildman–Crippen MR) is 118 cm³/mol. The molecule has 1 aliphatic rings. The minimum Gasteiger partial charge on any atom is -0.476 e. The molecule has 2 rings (SSSR count). The van der Waals surface area contributed by atoms with Gasteiger partial charge in [0.2, 0.25) is 0 Å². The second-order valence-corrected chi connectivity index (χ2v) is 8.04. The number of anilines is 1. The molecule has 0 saturated heterocycles. The standard InChI is InChI=1S/C22H30ClN3O3/c1-6-26(7-2)17-10-8-16(9-11-17)18(23)13-14(3)12-15(4)19-20(22(28)29)24-25(5)21(19)27/h8-11,14,18H,6-7,12-13H2,1-5H3,(H,28,29)/b19-15-. The number of aliphatic carboxylic acids is 1. The smallest absolute Gasteiger partial charge is 0.357 e. The molecule has 0 radical (unpaired) electrons. The van der Waals surface area contributed by atoms with Crippen molar-refractivity contribution in [1.29, 1.82) is 0 Å². The van der Waals surface area contributed by atoms with Crippen LogP contribution in [0.3, 0.4) is 0 Å². The van der Waals surface area contributed by atoms with Crippen LogP contribution in [-0.4, -0.2) is 47.8 Å². The Hall–Kier alpha value is -2.34. The third kappa shape index (κ3) is 5.38. The van der Waals surface area contributed by atoms with Crippen LogP contribution in [0.25, 0.3) is 0 Å². The maximum Gasteiger partial charge on any atom is 0.357 e. The molecule has 0 saturated carbocycles. The molecule has 1 aliphatic heterocycles. The van der Waals surface area contributed by atoms with Gasteiger partial charge in [0.05, 0.1) is 11.0 Å². The van der Waals surface area contributed by atoms with E-state index in [9.17, 15) is 14.7 Å². The number of likely N-dealkylation sites (N-methyl/N-ethyl adjacent to an activating group) is 1. The van der Waals surface area contributed by atoms with Gasteiger partial charge in [0.15, 0.2) is 5.71 Å². The normalized spacial score (nSPS) is 17.8. The van der Waals surface area contributed by atoms with E-state index < -0.39 is 5.97 Å². The van der Waals surface area contributed by atoms with Gasteiger partial charge in [-0.2, -0.15) is 5.10 Å². The minimum absolute atomic E-state index is 0.150. The molecule has 0 fully saturated rings. The molecular formula is C22H30ClN3O3. The van der Waals surface area contributed by atoms with E-state index in [4.69, 9.17) is 11.6 Å². The maximum absolute atomic E-state index is 12.3. The number of halogens is 1.